The minimum Gasteiger partial charge on any atom is -0.322 e. The van der Waals surface area contributed by atoms with Crippen LogP contribution < -0.4 is 5.32 Å². The van der Waals surface area contributed by atoms with Gasteiger partial charge in [0.1, 0.15) is 0 Å². The second kappa shape index (κ2) is 9.42. The molecule has 0 bridgehead atoms. The molecule has 3 heterocycles. The van der Waals surface area contributed by atoms with Crippen LogP contribution in [0, 0.1) is 22.7 Å². The van der Waals surface area contributed by atoms with Crippen molar-refractivity contribution >= 4 is 29.2 Å². The molecule has 2 aliphatic rings. The summed E-state index contributed by atoms with van der Waals surface area (Å²) in [4.78, 5) is 21.8. The summed E-state index contributed by atoms with van der Waals surface area (Å²) in [5.41, 5.74) is 5.99. The van der Waals surface area contributed by atoms with Crippen LogP contribution in [0.4, 0.5) is 5.69 Å². The first-order valence-corrected chi connectivity index (χ1v) is 11.0. The number of fused-ring (bicyclic) bond motifs is 1. The number of amides is 1. The van der Waals surface area contributed by atoms with Crippen molar-refractivity contribution in [1.82, 2.24) is 9.78 Å². The highest BCUT2D eigenvalue weighted by Crippen LogP contribution is 2.30. The van der Waals surface area contributed by atoms with Gasteiger partial charge in [0.2, 0.25) is 0 Å². The molecule has 1 unspecified atom stereocenters. The van der Waals surface area contributed by atoms with Crippen LogP contribution in [0.1, 0.15) is 45.9 Å². The van der Waals surface area contributed by atoms with Crippen LogP contribution in [-0.2, 0) is 0 Å². The van der Waals surface area contributed by atoms with Crippen LogP contribution in [0.15, 0.2) is 88.8 Å². The van der Waals surface area contributed by atoms with Gasteiger partial charge in [-0.1, -0.05) is 12.1 Å². The summed E-state index contributed by atoms with van der Waals surface area (Å²) < 4.78 is 1.74. The number of rotatable bonds is 6. The van der Waals surface area contributed by atoms with Crippen molar-refractivity contribution in [3.05, 3.63) is 101 Å². The molecule has 168 valence electrons. The standard InChI is InChI=1S/C27H19N7O/c28-11-8-25(34-17-21(16-32-34)26-23-9-12-30-24(23)10-13-31-26)19-2-1-3-20(14-19)27(35)33-22-6-4-18(15-29)5-7-22/h1-7,9,12-14,16-17,25H,8,10H2,(H,33,35). The molecule has 1 aromatic heterocycles. The molecule has 1 amide bonds. The predicted molar refractivity (Wildman–Crippen MR) is 133 cm³/mol. The molecule has 0 fully saturated rings. The van der Waals surface area contributed by atoms with Crippen molar-refractivity contribution in [1.29, 1.82) is 10.5 Å². The molecule has 1 N–H and O–H groups in total. The van der Waals surface area contributed by atoms with Crippen molar-refractivity contribution in [2.24, 2.45) is 9.98 Å². The van der Waals surface area contributed by atoms with Crippen LogP contribution >= 0.6 is 0 Å². The third-order valence-electron chi connectivity index (χ3n) is 5.83. The summed E-state index contributed by atoms with van der Waals surface area (Å²) in [6.07, 6.45) is 10.1. The SMILES string of the molecule is N#CCC(c1cccc(C(=O)Nc2ccc(C#N)cc2)c1)n1cc(C2=C3C=CN=C3CC=N2)cn1. The van der Waals surface area contributed by atoms with E-state index in [4.69, 9.17) is 5.26 Å². The summed E-state index contributed by atoms with van der Waals surface area (Å²) in [5, 5.41) is 25.8. The van der Waals surface area contributed by atoms with Crippen molar-refractivity contribution in [3.8, 4) is 12.1 Å². The Kier molecular flexibility index (Phi) is 5.85. The number of allylic oxidation sites excluding steroid dienone is 2. The number of hydrogen-bond donors (Lipinski definition) is 1. The average molecular weight is 457 g/mol. The van der Waals surface area contributed by atoms with Crippen LogP contribution in [0.5, 0.6) is 0 Å². The van der Waals surface area contributed by atoms with E-state index in [0.29, 0.717) is 23.2 Å². The number of anilines is 1. The molecule has 5 rings (SSSR count). The molecule has 0 radical (unpaired) electrons. The van der Waals surface area contributed by atoms with Gasteiger partial charge in [-0.2, -0.15) is 15.6 Å². The van der Waals surface area contributed by atoms with Crippen LogP contribution in [-0.4, -0.2) is 27.6 Å². The van der Waals surface area contributed by atoms with Gasteiger partial charge in [0, 0.05) is 47.4 Å². The maximum absolute atomic E-state index is 12.9. The van der Waals surface area contributed by atoms with Gasteiger partial charge < -0.3 is 5.32 Å². The Morgan fingerprint density at radius 3 is 2.83 bits per heavy atom. The zero-order chi connectivity index (χ0) is 24.2. The van der Waals surface area contributed by atoms with Gasteiger partial charge in [0.05, 0.1) is 47.8 Å². The van der Waals surface area contributed by atoms with Gasteiger partial charge in [-0.05, 0) is 48.0 Å². The smallest absolute Gasteiger partial charge is 0.255 e. The Morgan fingerprint density at radius 1 is 1.17 bits per heavy atom. The molecule has 35 heavy (non-hydrogen) atoms. The number of aliphatic imine (C=N–C) groups is 2. The number of benzene rings is 2. The first-order chi connectivity index (χ1) is 17.2. The first-order valence-electron chi connectivity index (χ1n) is 11.0. The van der Waals surface area contributed by atoms with Crippen molar-refractivity contribution < 1.29 is 4.79 Å². The molecular formula is C27H19N7O. The highest BCUT2D eigenvalue weighted by molar-refractivity contribution is 6.18. The van der Waals surface area contributed by atoms with E-state index in [2.05, 4.69) is 32.5 Å². The third-order valence-corrected chi connectivity index (χ3v) is 5.83. The number of hydrogen-bond acceptors (Lipinski definition) is 6. The van der Waals surface area contributed by atoms with Gasteiger partial charge in [-0.15, -0.1) is 0 Å². The highest BCUT2D eigenvalue weighted by Gasteiger charge is 2.22. The van der Waals surface area contributed by atoms with Crippen molar-refractivity contribution in [3.63, 3.8) is 0 Å². The maximum atomic E-state index is 12.9. The number of aromatic nitrogens is 2. The van der Waals surface area contributed by atoms with Gasteiger partial charge in [-0.25, -0.2) is 0 Å². The summed E-state index contributed by atoms with van der Waals surface area (Å²) in [7, 11) is 0. The third kappa shape index (κ3) is 4.41. The second-order valence-corrected chi connectivity index (χ2v) is 8.03. The average Bonchev–Trinajstić information content (AvgIpc) is 3.58. The molecule has 0 saturated carbocycles. The molecule has 0 aliphatic carbocycles. The first kappa shape index (κ1) is 21.7. The van der Waals surface area contributed by atoms with Crippen LogP contribution in [0.3, 0.4) is 0 Å². The van der Waals surface area contributed by atoms with Gasteiger partial charge >= 0.3 is 0 Å². The van der Waals surface area contributed by atoms with E-state index >= 15 is 0 Å². The molecule has 2 aromatic carbocycles. The zero-order valence-electron chi connectivity index (χ0n) is 18.6. The van der Waals surface area contributed by atoms with E-state index in [0.717, 1.165) is 28.1 Å². The molecule has 3 aromatic rings. The van der Waals surface area contributed by atoms with E-state index < -0.39 is 0 Å². The number of carbonyl (C=O) groups excluding carboxylic acids is 1. The maximum Gasteiger partial charge on any atom is 0.255 e. The monoisotopic (exact) mass is 457 g/mol. The van der Waals surface area contributed by atoms with E-state index in [1.54, 1.807) is 59.5 Å². The van der Waals surface area contributed by atoms with Gasteiger partial charge in [0.15, 0.2) is 0 Å². The van der Waals surface area contributed by atoms with Gasteiger partial charge in [0.25, 0.3) is 5.91 Å². The number of carbonyl (C=O) groups is 1. The Morgan fingerprint density at radius 2 is 2.03 bits per heavy atom. The number of nitrogens with zero attached hydrogens (tertiary/aromatic N) is 6. The quantitative estimate of drug-likeness (QED) is 0.579. The second-order valence-electron chi connectivity index (χ2n) is 8.03. The largest absolute Gasteiger partial charge is 0.322 e. The Balaban J connectivity index is 1.41. The fourth-order valence-electron chi connectivity index (χ4n) is 4.07. The summed E-state index contributed by atoms with van der Waals surface area (Å²) in [6, 6.07) is 17.7. The van der Waals surface area contributed by atoms with Crippen molar-refractivity contribution in [2.75, 3.05) is 5.32 Å². The van der Waals surface area contributed by atoms with E-state index in [1.807, 2.05) is 24.6 Å². The highest BCUT2D eigenvalue weighted by atomic mass is 16.1. The summed E-state index contributed by atoms with van der Waals surface area (Å²) >= 11 is 0. The van der Waals surface area contributed by atoms with E-state index in [9.17, 15) is 10.1 Å². The fraction of sp³-hybridized carbons (Fsp3) is 0.111. The molecule has 0 spiro atoms. The molecular weight excluding hydrogens is 438 g/mol. The minimum atomic E-state index is -0.373. The predicted octanol–water partition coefficient (Wildman–Crippen LogP) is 4.66. The Hall–Kier alpha value is -5.08. The summed E-state index contributed by atoms with van der Waals surface area (Å²) in [5.74, 6) is -0.281. The normalized spacial score (nSPS) is 14.6. The molecule has 1 atom stereocenters. The summed E-state index contributed by atoms with van der Waals surface area (Å²) in [6.45, 7) is 0. The van der Waals surface area contributed by atoms with Crippen LogP contribution in [0.25, 0.3) is 5.70 Å². The minimum absolute atomic E-state index is 0.184. The van der Waals surface area contributed by atoms with Crippen molar-refractivity contribution in [2.45, 2.75) is 18.9 Å². The number of nitrogens with one attached hydrogen (secondary N) is 1. The molecule has 0 saturated heterocycles. The lowest BCUT2D eigenvalue weighted by Crippen LogP contribution is -2.15. The molecule has 8 nitrogen and oxygen atoms in total. The van der Waals surface area contributed by atoms with Crippen LogP contribution in [0.2, 0.25) is 0 Å². The topological polar surface area (TPSA) is 119 Å². The fourth-order valence-corrected chi connectivity index (χ4v) is 4.07. The van der Waals surface area contributed by atoms with E-state index in [-0.39, 0.29) is 18.4 Å². The number of nitriles is 2. The molecule has 2 aliphatic heterocycles. The lowest BCUT2D eigenvalue weighted by molar-refractivity contribution is 0.102. The van der Waals surface area contributed by atoms with Gasteiger partial charge in [-0.3, -0.25) is 19.5 Å². The van der Waals surface area contributed by atoms with E-state index in [1.165, 1.54) is 0 Å². The lowest BCUT2D eigenvalue weighted by atomic mass is 10.0. The Bertz CT molecular complexity index is 1510. The Labute approximate surface area is 201 Å². The molecule has 8 heteroatoms. The lowest BCUT2D eigenvalue weighted by Gasteiger charge is -2.16. The zero-order valence-corrected chi connectivity index (χ0v) is 18.6.